The van der Waals surface area contributed by atoms with Crippen LogP contribution in [0, 0.1) is 6.92 Å². The topological polar surface area (TPSA) is 97.1 Å². The number of carbonyl (C=O) groups excluding carboxylic acids is 2. The van der Waals surface area contributed by atoms with Crippen LogP contribution in [0.5, 0.6) is 0 Å². The van der Waals surface area contributed by atoms with Gasteiger partial charge in [-0.1, -0.05) is 0 Å². The third kappa shape index (κ3) is 3.20. The molecule has 1 rings (SSSR count). The molecule has 1 aromatic rings. The number of aromatic nitrogens is 1. The standard InChI is InChI=1S/C9H14N4O2S/c1-5-7(6(2)14)8(16-13-5)11-3-4-12-9(10)15/h11H,3-4H2,1-2H3,(H3,10,12,15). The molecule has 16 heavy (non-hydrogen) atoms. The Balaban J connectivity index is 2.54. The van der Waals surface area contributed by atoms with Gasteiger partial charge in [0.05, 0.1) is 11.3 Å². The van der Waals surface area contributed by atoms with Crippen LogP contribution in [0.1, 0.15) is 23.0 Å². The fraction of sp³-hybridized carbons (Fsp3) is 0.444. The lowest BCUT2D eigenvalue weighted by Gasteiger charge is -2.05. The molecule has 0 aliphatic carbocycles. The van der Waals surface area contributed by atoms with E-state index >= 15 is 0 Å². The highest BCUT2D eigenvalue weighted by molar-refractivity contribution is 7.10. The van der Waals surface area contributed by atoms with Crippen LogP contribution in [0.25, 0.3) is 0 Å². The number of nitrogens with two attached hydrogens (primary N) is 1. The van der Waals surface area contributed by atoms with Crippen molar-refractivity contribution in [3.8, 4) is 0 Å². The number of carbonyl (C=O) groups is 2. The van der Waals surface area contributed by atoms with E-state index in [9.17, 15) is 9.59 Å². The summed E-state index contributed by atoms with van der Waals surface area (Å²) in [6, 6.07) is -0.561. The number of ketones is 1. The van der Waals surface area contributed by atoms with Crippen molar-refractivity contribution in [3.63, 3.8) is 0 Å². The van der Waals surface area contributed by atoms with Gasteiger partial charge in [0.15, 0.2) is 5.78 Å². The SMILES string of the molecule is CC(=O)c1c(C)nsc1NCCNC(N)=O. The monoisotopic (exact) mass is 242 g/mol. The summed E-state index contributed by atoms with van der Waals surface area (Å²) in [5.74, 6) is -0.0170. The molecule has 0 aliphatic rings. The molecular weight excluding hydrogens is 228 g/mol. The zero-order valence-corrected chi connectivity index (χ0v) is 9.98. The highest BCUT2D eigenvalue weighted by Gasteiger charge is 2.13. The van der Waals surface area contributed by atoms with Crippen molar-refractivity contribution in [3.05, 3.63) is 11.3 Å². The van der Waals surface area contributed by atoms with E-state index in [0.717, 1.165) is 10.7 Å². The normalized spacial score (nSPS) is 9.88. The lowest BCUT2D eigenvalue weighted by Crippen LogP contribution is -2.33. The molecule has 0 saturated heterocycles. The number of primary amides is 1. The summed E-state index contributed by atoms with van der Waals surface area (Å²) in [6.07, 6.45) is 0. The fourth-order valence-corrected chi connectivity index (χ4v) is 2.14. The summed E-state index contributed by atoms with van der Waals surface area (Å²) >= 11 is 1.24. The highest BCUT2D eigenvalue weighted by Crippen LogP contribution is 2.24. The summed E-state index contributed by atoms with van der Waals surface area (Å²) in [6.45, 7) is 4.21. The molecule has 0 aliphatic heterocycles. The van der Waals surface area contributed by atoms with Gasteiger partial charge in [0.2, 0.25) is 0 Å². The van der Waals surface area contributed by atoms with E-state index < -0.39 is 6.03 Å². The van der Waals surface area contributed by atoms with Gasteiger partial charge in [-0.05, 0) is 25.4 Å². The number of nitrogens with one attached hydrogen (secondary N) is 2. The fourth-order valence-electron chi connectivity index (χ4n) is 1.27. The summed E-state index contributed by atoms with van der Waals surface area (Å²) in [5, 5.41) is 6.22. The van der Waals surface area contributed by atoms with Crippen molar-refractivity contribution in [2.24, 2.45) is 5.73 Å². The number of amides is 2. The number of nitrogens with zero attached hydrogens (tertiary/aromatic N) is 1. The van der Waals surface area contributed by atoms with Gasteiger partial charge in [-0.15, -0.1) is 0 Å². The van der Waals surface area contributed by atoms with Gasteiger partial charge in [0, 0.05) is 13.1 Å². The second-order valence-electron chi connectivity index (χ2n) is 3.25. The molecule has 0 unspecified atom stereocenters. The molecule has 0 radical (unpaired) electrons. The number of anilines is 1. The Morgan fingerprint density at radius 3 is 2.69 bits per heavy atom. The van der Waals surface area contributed by atoms with Crippen LogP contribution < -0.4 is 16.4 Å². The predicted octanol–water partition coefficient (Wildman–Crippen LogP) is 0.734. The maximum Gasteiger partial charge on any atom is 0.312 e. The van der Waals surface area contributed by atoms with Crippen molar-refractivity contribution >= 4 is 28.3 Å². The van der Waals surface area contributed by atoms with E-state index in [2.05, 4.69) is 15.0 Å². The summed E-state index contributed by atoms with van der Waals surface area (Å²) in [4.78, 5) is 21.7. The minimum absolute atomic E-state index is 0.0170. The van der Waals surface area contributed by atoms with Gasteiger partial charge < -0.3 is 16.4 Å². The van der Waals surface area contributed by atoms with Crippen LogP contribution in [0.2, 0.25) is 0 Å². The summed E-state index contributed by atoms with van der Waals surface area (Å²) in [7, 11) is 0. The van der Waals surface area contributed by atoms with Crippen LogP contribution >= 0.6 is 11.5 Å². The molecule has 1 heterocycles. The Morgan fingerprint density at radius 2 is 2.12 bits per heavy atom. The van der Waals surface area contributed by atoms with Gasteiger partial charge in [-0.3, -0.25) is 4.79 Å². The zero-order chi connectivity index (χ0) is 12.1. The lowest BCUT2D eigenvalue weighted by molar-refractivity contribution is 0.101. The average Bonchev–Trinajstić information content (AvgIpc) is 2.54. The van der Waals surface area contributed by atoms with Crippen molar-refractivity contribution in [1.82, 2.24) is 9.69 Å². The molecular formula is C9H14N4O2S. The van der Waals surface area contributed by atoms with Crippen molar-refractivity contribution in [2.45, 2.75) is 13.8 Å². The van der Waals surface area contributed by atoms with Crippen molar-refractivity contribution in [1.29, 1.82) is 0 Å². The molecule has 0 atom stereocenters. The van der Waals surface area contributed by atoms with Crippen molar-refractivity contribution < 1.29 is 9.59 Å². The third-order valence-corrected chi connectivity index (χ3v) is 2.82. The maximum absolute atomic E-state index is 11.3. The van der Waals surface area contributed by atoms with Gasteiger partial charge >= 0.3 is 6.03 Å². The molecule has 0 saturated carbocycles. The second-order valence-corrected chi connectivity index (χ2v) is 4.02. The number of rotatable bonds is 5. The first-order chi connectivity index (χ1) is 7.52. The molecule has 7 heteroatoms. The second kappa shape index (κ2) is 5.45. The summed E-state index contributed by atoms with van der Waals surface area (Å²) < 4.78 is 4.10. The molecule has 4 N–H and O–H groups in total. The maximum atomic E-state index is 11.3. The summed E-state index contributed by atoms with van der Waals surface area (Å²) in [5.41, 5.74) is 6.25. The van der Waals surface area contributed by atoms with Crippen LogP contribution in [0.4, 0.5) is 9.80 Å². The average molecular weight is 242 g/mol. The minimum atomic E-state index is -0.561. The molecule has 0 bridgehead atoms. The smallest absolute Gasteiger partial charge is 0.312 e. The van der Waals surface area contributed by atoms with Crippen LogP contribution in [-0.4, -0.2) is 29.3 Å². The van der Waals surface area contributed by atoms with Gasteiger partial charge in [0.25, 0.3) is 0 Å². The quantitative estimate of drug-likeness (QED) is 0.524. The number of urea groups is 1. The molecule has 2 amide bonds. The third-order valence-electron chi connectivity index (χ3n) is 1.92. The van der Waals surface area contributed by atoms with E-state index in [4.69, 9.17) is 5.73 Å². The Bertz CT molecular complexity index is 402. The van der Waals surface area contributed by atoms with Gasteiger partial charge in [-0.25, -0.2) is 4.79 Å². The Labute approximate surface area is 97.4 Å². The van der Waals surface area contributed by atoms with E-state index in [1.54, 1.807) is 6.92 Å². The minimum Gasteiger partial charge on any atom is -0.373 e. The molecule has 6 nitrogen and oxygen atoms in total. The van der Waals surface area contributed by atoms with Crippen LogP contribution in [0.15, 0.2) is 0 Å². The zero-order valence-electron chi connectivity index (χ0n) is 9.16. The molecule has 0 fully saturated rings. The largest absolute Gasteiger partial charge is 0.373 e. The van der Waals surface area contributed by atoms with E-state index in [1.165, 1.54) is 18.5 Å². The van der Waals surface area contributed by atoms with E-state index in [-0.39, 0.29) is 5.78 Å². The highest BCUT2D eigenvalue weighted by atomic mass is 32.1. The first-order valence-electron chi connectivity index (χ1n) is 4.76. The van der Waals surface area contributed by atoms with E-state index in [0.29, 0.717) is 18.7 Å². The molecule has 0 spiro atoms. The number of hydrogen-bond donors (Lipinski definition) is 3. The number of hydrogen-bond acceptors (Lipinski definition) is 5. The molecule has 1 aromatic heterocycles. The first kappa shape index (κ1) is 12.4. The Morgan fingerprint density at radius 1 is 1.44 bits per heavy atom. The molecule has 0 aromatic carbocycles. The Hall–Kier alpha value is -1.63. The lowest BCUT2D eigenvalue weighted by atomic mass is 10.2. The number of aryl methyl sites for hydroxylation is 1. The first-order valence-corrected chi connectivity index (χ1v) is 5.54. The van der Waals surface area contributed by atoms with Gasteiger partial charge in [0.1, 0.15) is 5.00 Å². The molecule has 88 valence electrons. The van der Waals surface area contributed by atoms with Gasteiger partial charge in [-0.2, -0.15) is 4.37 Å². The van der Waals surface area contributed by atoms with Crippen LogP contribution in [0.3, 0.4) is 0 Å². The van der Waals surface area contributed by atoms with Crippen LogP contribution in [-0.2, 0) is 0 Å². The number of Topliss-reactive ketones (excluding diaryl/α,β-unsaturated/α-hetero) is 1. The Kier molecular flexibility index (Phi) is 4.24. The van der Waals surface area contributed by atoms with E-state index in [1.807, 2.05) is 0 Å². The predicted molar refractivity (Wildman–Crippen MR) is 62.9 cm³/mol. The van der Waals surface area contributed by atoms with Crippen molar-refractivity contribution in [2.75, 3.05) is 18.4 Å².